The number of aliphatic imine (C=N–C) groups is 2. The van der Waals surface area contributed by atoms with E-state index >= 15 is 0 Å². The first kappa shape index (κ1) is 13.7. The van der Waals surface area contributed by atoms with E-state index in [0.29, 0.717) is 0 Å². The molecule has 0 N–H and O–H groups in total. The Kier molecular flexibility index (Phi) is 3.25. The van der Waals surface area contributed by atoms with Crippen molar-refractivity contribution in [1.82, 2.24) is 0 Å². The molecular weight excluding hydrogens is 256 g/mol. The Morgan fingerprint density at radius 3 is 2.43 bits per heavy atom. The van der Waals surface area contributed by atoms with Crippen LogP contribution in [-0.4, -0.2) is 17.0 Å². The van der Waals surface area contributed by atoms with Crippen molar-refractivity contribution in [2.75, 3.05) is 0 Å². The highest BCUT2D eigenvalue weighted by molar-refractivity contribution is 6.26. The number of dihydropyridines is 1. The molecule has 0 amide bonds. The van der Waals surface area contributed by atoms with Gasteiger partial charge in [-0.15, -0.1) is 0 Å². The molecule has 2 heteroatoms. The summed E-state index contributed by atoms with van der Waals surface area (Å²) in [6.45, 7) is 8.56. The average molecular weight is 276 g/mol. The summed E-state index contributed by atoms with van der Waals surface area (Å²) in [4.78, 5) is 9.57. The summed E-state index contributed by atoms with van der Waals surface area (Å²) in [6, 6.07) is 10.1. The van der Waals surface area contributed by atoms with Gasteiger partial charge >= 0.3 is 0 Å². The maximum absolute atomic E-state index is 4.82. The van der Waals surface area contributed by atoms with Gasteiger partial charge in [-0.05, 0) is 63.1 Å². The van der Waals surface area contributed by atoms with E-state index in [1.165, 1.54) is 16.7 Å². The molecule has 0 saturated heterocycles. The summed E-state index contributed by atoms with van der Waals surface area (Å²) < 4.78 is 0. The Hall–Kier alpha value is -2.22. The van der Waals surface area contributed by atoms with Gasteiger partial charge in [0, 0.05) is 5.57 Å². The van der Waals surface area contributed by atoms with Gasteiger partial charge < -0.3 is 0 Å². The largest absolute Gasteiger partial charge is 0.275 e. The summed E-state index contributed by atoms with van der Waals surface area (Å²) in [5.41, 5.74) is 6.66. The standard InChI is InChI=1S/C19H20N2/c1-13-12-19(3,4)21-17-11-10-16(14(2)18(13)17)20-15-8-6-5-7-9-15/h5-12H,1-4H3. The van der Waals surface area contributed by atoms with E-state index in [4.69, 9.17) is 9.98 Å². The third-order valence-electron chi connectivity index (χ3n) is 3.79. The summed E-state index contributed by atoms with van der Waals surface area (Å²) >= 11 is 0. The highest BCUT2D eigenvalue weighted by Crippen LogP contribution is 2.32. The monoisotopic (exact) mass is 276 g/mol. The second-order valence-electron chi connectivity index (χ2n) is 6.14. The third kappa shape index (κ3) is 2.66. The predicted molar refractivity (Wildman–Crippen MR) is 90.6 cm³/mol. The molecule has 2 nitrogen and oxygen atoms in total. The Labute approximate surface area is 126 Å². The Bertz CT molecular complexity index is 726. The smallest absolute Gasteiger partial charge is 0.0744 e. The molecule has 0 fully saturated rings. The molecule has 0 radical (unpaired) electrons. The van der Waals surface area contributed by atoms with E-state index in [1.807, 2.05) is 30.3 Å². The van der Waals surface area contributed by atoms with Gasteiger partial charge in [0.05, 0.1) is 22.6 Å². The Morgan fingerprint density at radius 1 is 1.00 bits per heavy atom. The quantitative estimate of drug-likeness (QED) is 0.657. The number of hydrogen-bond acceptors (Lipinski definition) is 2. The highest BCUT2D eigenvalue weighted by Gasteiger charge is 2.26. The molecule has 0 spiro atoms. The number of nitrogens with zero attached hydrogens (tertiary/aromatic N) is 2. The molecule has 1 aromatic carbocycles. The summed E-state index contributed by atoms with van der Waals surface area (Å²) in [5, 5.41) is 0. The van der Waals surface area contributed by atoms with Crippen molar-refractivity contribution in [2.45, 2.75) is 33.2 Å². The number of fused-ring (bicyclic) bond motifs is 1. The molecule has 0 bridgehead atoms. The minimum Gasteiger partial charge on any atom is -0.275 e. The average Bonchev–Trinajstić information content (AvgIpc) is 2.41. The molecule has 3 rings (SSSR count). The van der Waals surface area contributed by atoms with E-state index < -0.39 is 0 Å². The number of rotatable bonds is 1. The van der Waals surface area contributed by atoms with Crippen molar-refractivity contribution in [3.63, 3.8) is 0 Å². The molecule has 0 aromatic heterocycles. The van der Waals surface area contributed by atoms with Gasteiger partial charge in [-0.3, -0.25) is 4.99 Å². The zero-order valence-electron chi connectivity index (χ0n) is 13.0. The molecule has 1 heterocycles. The van der Waals surface area contributed by atoms with E-state index in [1.54, 1.807) is 0 Å². The van der Waals surface area contributed by atoms with Gasteiger partial charge in [-0.2, -0.15) is 0 Å². The maximum Gasteiger partial charge on any atom is 0.0744 e. The molecule has 2 aliphatic rings. The van der Waals surface area contributed by atoms with E-state index in [0.717, 1.165) is 17.1 Å². The van der Waals surface area contributed by atoms with Crippen LogP contribution in [0.2, 0.25) is 0 Å². The lowest BCUT2D eigenvalue weighted by atomic mass is 9.84. The molecule has 0 atom stereocenters. The summed E-state index contributed by atoms with van der Waals surface area (Å²) in [5.74, 6) is 0. The van der Waals surface area contributed by atoms with Crippen LogP contribution in [0.15, 0.2) is 75.3 Å². The van der Waals surface area contributed by atoms with Crippen molar-refractivity contribution in [2.24, 2.45) is 9.98 Å². The van der Waals surface area contributed by atoms with Crippen LogP contribution in [0.4, 0.5) is 5.69 Å². The van der Waals surface area contributed by atoms with Crippen LogP contribution in [-0.2, 0) is 0 Å². The summed E-state index contributed by atoms with van der Waals surface area (Å²) in [6.07, 6.45) is 6.39. The lowest BCUT2D eigenvalue weighted by Crippen LogP contribution is -2.26. The van der Waals surface area contributed by atoms with Gasteiger partial charge in [0.15, 0.2) is 0 Å². The lowest BCUT2D eigenvalue weighted by Gasteiger charge is -2.28. The van der Waals surface area contributed by atoms with Crippen LogP contribution < -0.4 is 0 Å². The van der Waals surface area contributed by atoms with Crippen LogP contribution in [0.5, 0.6) is 0 Å². The first-order valence-electron chi connectivity index (χ1n) is 7.29. The molecule has 0 unspecified atom stereocenters. The topological polar surface area (TPSA) is 24.7 Å². The lowest BCUT2D eigenvalue weighted by molar-refractivity contribution is 0.648. The van der Waals surface area contributed by atoms with Gasteiger partial charge in [-0.25, -0.2) is 4.99 Å². The van der Waals surface area contributed by atoms with Crippen LogP contribution in [0.25, 0.3) is 0 Å². The third-order valence-corrected chi connectivity index (χ3v) is 3.79. The molecule has 21 heavy (non-hydrogen) atoms. The number of allylic oxidation sites excluding steroid dienone is 5. The van der Waals surface area contributed by atoms with Crippen LogP contribution in [0, 0.1) is 0 Å². The Morgan fingerprint density at radius 2 is 1.71 bits per heavy atom. The van der Waals surface area contributed by atoms with Crippen LogP contribution in [0.1, 0.15) is 27.7 Å². The van der Waals surface area contributed by atoms with Crippen molar-refractivity contribution in [3.05, 3.63) is 65.3 Å². The SMILES string of the molecule is CC1=CC(C)(C)N=C2C=CC(=Nc3ccccc3)C(C)=C12. The molecule has 106 valence electrons. The second-order valence-corrected chi connectivity index (χ2v) is 6.14. The first-order valence-corrected chi connectivity index (χ1v) is 7.29. The van der Waals surface area contributed by atoms with Crippen molar-refractivity contribution >= 4 is 17.1 Å². The highest BCUT2D eigenvalue weighted by atomic mass is 14.9. The Balaban J connectivity index is 2.08. The molecule has 1 aliphatic heterocycles. The molecular formula is C19H20N2. The number of hydrogen-bond donors (Lipinski definition) is 0. The van der Waals surface area contributed by atoms with Crippen LogP contribution in [0.3, 0.4) is 0 Å². The maximum atomic E-state index is 4.82. The van der Waals surface area contributed by atoms with E-state index in [9.17, 15) is 0 Å². The number of para-hydroxylation sites is 1. The zero-order valence-corrected chi connectivity index (χ0v) is 13.0. The zero-order chi connectivity index (χ0) is 15.0. The fourth-order valence-electron chi connectivity index (χ4n) is 2.98. The van der Waals surface area contributed by atoms with Gasteiger partial charge in [0.1, 0.15) is 0 Å². The normalized spacial score (nSPS) is 22.0. The molecule has 1 aromatic rings. The van der Waals surface area contributed by atoms with Gasteiger partial charge in [-0.1, -0.05) is 24.3 Å². The minimum absolute atomic E-state index is 0.123. The van der Waals surface area contributed by atoms with E-state index in [2.05, 4.69) is 45.9 Å². The van der Waals surface area contributed by atoms with Gasteiger partial charge in [0.25, 0.3) is 0 Å². The van der Waals surface area contributed by atoms with Crippen LogP contribution >= 0.6 is 0 Å². The second kappa shape index (κ2) is 4.96. The fourth-order valence-corrected chi connectivity index (χ4v) is 2.98. The van der Waals surface area contributed by atoms with E-state index in [-0.39, 0.29) is 5.54 Å². The number of benzene rings is 1. The minimum atomic E-state index is -0.123. The van der Waals surface area contributed by atoms with Crippen molar-refractivity contribution < 1.29 is 0 Å². The van der Waals surface area contributed by atoms with Gasteiger partial charge in [0.2, 0.25) is 0 Å². The van der Waals surface area contributed by atoms with Crippen molar-refractivity contribution in [3.8, 4) is 0 Å². The predicted octanol–water partition coefficient (Wildman–Crippen LogP) is 4.82. The first-order chi connectivity index (χ1) is 9.96. The molecule has 0 saturated carbocycles. The van der Waals surface area contributed by atoms with Crippen molar-refractivity contribution in [1.29, 1.82) is 0 Å². The molecule has 1 aliphatic carbocycles. The fraction of sp³-hybridized carbons (Fsp3) is 0.263. The summed E-state index contributed by atoms with van der Waals surface area (Å²) in [7, 11) is 0.